The molecule has 0 bridgehead atoms. The van der Waals surface area contributed by atoms with Gasteiger partial charge in [-0.25, -0.2) is 4.68 Å². The van der Waals surface area contributed by atoms with Gasteiger partial charge in [-0.1, -0.05) is 25.0 Å². The third-order valence-electron chi connectivity index (χ3n) is 5.12. The molecule has 0 radical (unpaired) electrons. The minimum atomic E-state index is -4.47. The zero-order chi connectivity index (χ0) is 19.7. The van der Waals surface area contributed by atoms with Gasteiger partial charge in [-0.3, -0.25) is 4.79 Å². The molecule has 3 N–H and O–H groups in total. The number of hydrogen-bond donors (Lipinski definition) is 2. The molecule has 0 aliphatic heterocycles. The summed E-state index contributed by atoms with van der Waals surface area (Å²) in [5, 5.41) is 6.46. The number of nitrogens with two attached hydrogens (primary N) is 1. The van der Waals surface area contributed by atoms with Crippen LogP contribution < -0.4 is 11.1 Å². The Morgan fingerprint density at radius 3 is 2.54 bits per heavy atom. The Labute approximate surface area is 167 Å². The maximum atomic E-state index is 12.6. The maximum absolute atomic E-state index is 12.6. The molecule has 1 aromatic carbocycles. The van der Waals surface area contributed by atoms with Gasteiger partial charge in [-0.2, -0.15) is 18.3 Å². The first kappa shape index (κ1) is 22.2. The number of alkyl halides is 3. The first-order valence-corrected chi connectivity index (χ1v) is 8.95. The van der Waals surface area contributed by atoms with E-state index in [2.05, 4.69) is 10.4 Å². The molecule has 9 heteroatoms. The Balaban J connectivity index is 0.00000280. The number of hydrogen-bond acceptors (Lipinski definition) is 3. The van der Waals surface area contributed by atoms with Gasteiger partial charge in [0.2, 0.25) is 5.91 Å². The molecule has 2 atom stereocenters. The molecule has 28 heavy (non-hydrogen) atoms. The van der Waals surface area contributed by atoms with E-state index < -0.39 is 17.4 Å². The predicted octanol–water partition coefficient (Wildman–Crippen LogP) is 3.84. The molecule has 1 aliphatic rings. The van der Waals surface area contributed by atoms with E-state index in [1.54, 1.807) is 24.3 Å². The van der Waals surface area contributed by atoms with E-state index >= 15 is 0 Å². The Bertz CT molecular complexity index is 802. The molecule has 1 amide bonds. The number of nitrogens with one attached hydrogen (secondary N) is 1. The fourth-order valence-electron chi connectivity index (χ4n) is 3.49. The maximum Gasteiger partial charge on any atom is 0.435 e. The summed E-state index contributed by atoms with van der Waals surface area (Å²) in [5.74, 6) is -0.249. The van der Waals surface area contributed by atoms with E-state index in [4.69, 9.17) is 5.73 Å². The molecule has 1 saturated carbocycles. The van der Waals surface area contributed by atoms with Crippen LogP contribution in [-0.4, -0.2) is 21.2 Å². The first-order chi connectivity index (χ1) is 12.7. The third-order valence-corrected chi connectivity index (χ3v) is 5.12. The summed E-state index contributed by atoms with van der Waals surface area (Å²) in [5.41, 5.74) is 6.21. The molecular formula is C19H24ClF3N4O. The van der Waals surface area contributed by atoms with Crippen molar-refractivity contribution in [3.05, 3.63) is 47.8 Å². The lowest BCUT2D eigenvalue weighted by Gasteiger charge is -2.37. The van der Waals surface area contributed by atoms with Crippen molar-refractivity contribution in [2.24, 2.45) is 11.7 Å². The van der Waals surface area contributed by atoms with Gasteiger partial charge >= 0.3 is 6.18 Å². The molecular weight excluding hydrogens is 393 g/mol. The van der Waals surface area contributed by atoms with Gasteiger partial charge in [0.05, 0.1) is 11.6 Å². The van der Waals surface area contributed by atoms with E-state index in [1.807, 2.05) is 6.92 Å². The molecule has 0 saturated heterocycles. The quantitative estimate of drug-likeness (QED) is 0.795. The summed E-state index contributed by atoms with van der Waals surface area (Å²) >= 11 is 0. The van der Waals surface area contributed by atoms with Gasteiger partial charge in [0, 0.05) is 18.3 Å². The number of halogens is 4. The number of rotatable bonds is 4. The van der Waals surface area contributed by atoms with Crippen LogP contribution in [0.5, 0.6) is 0 Å². The Morgan fingerprint density at radius 1 is 1.29 bits per heavy atom. The van der Waals surface area contributed by atoms with Crippen molar-refractivity contribution in [1.82, 2.24) is 15.1 Å². The lowest BCUT2D eigenvalue weighted by atomic mass is 9.74. The van der Waals surface area contributed by atoms with Crippen LogP contribution in [0.4, 0.5) is 13.2 Å². The van der Waals surface area contributed by atoms with Gasteiger partial charge in [0.1, 0.15) is 0 Å². The van der Waals surface area contributed by atoms with Gasteiger partial charge in [0.25, 0.3) is 0 Å². The normalized spacial score (nSPS) is 22.4. The van der Waals surface area contributed by atoms with Crippen LogP contribution in [0.25, 0.3) is 5.69 Å². The highest BCUT2D eigenvalue weighted by Crippen LogP contribution is 2.31. The van der Waals surface area contributed by atoms with Crippen molar-refractivity contribution in [1.29, 1.82) is 0 Å². The second-order valence-electron chi connectivity index (χ2n) is 7.33. The number of aromatic nitrogens is 2. The Morgan fingerprint density at radius 2 is 1.96 bits per heavy atom. The SMILES string of the molecule is CC1(N)CCCCC1C(=O)NCc1ccc(-n2ccc(C(F)(F)F)n2)cc1.Cl. The van der Waals surface area contributed by atoms with Gasteiger partial charge < -0.3 is 11.1 Å². The monoisotopic (exact) mass is 416 g/mol. The Hall–Kier alpha value is -2.06. The molecule has 2 aromatic rings. The molecule has 1 aliphatic carbocycles. The lowest BCUT2D eigenvalue weighted by Crippen LogP contribution is -2.52. The van der Waals surface area contributed by atoms with E-state index in [0.29, 0.717) is 12.2 Å². The summed E-state index contributed by atoms with van der Waals surface area (Å²) in [4.78, 5) is 12.5. The van der Waals surface area contributed by atoms with Crippen molar-refractivity contribution in [2.75, 3.05) is 0 Å². The molecule has 1 fully saturated rings. The zero-order valence-corrected chi connectivity index (χ0v) is 16.3. The fraction of sp³-hybridized carbons (Fsp3) is 0.474. The standard InChI is InChI=1S/C19H23F3N4O.ClH/c1-18(23)10-3-2-4-15(18)17(27)24-12-13-5-7-14(8-6-13)26-11-9-16(25-26)19(20,21)22;/h5-9,11,15H,2-4,10,12,23H2,1H3,(H,24,27);1H. The van der Waals surface area contributed by atoms with Crippen LogP contribution >= 0.6 is 12.4 Å². The number of carbonyl (C=O) groups excluding carboxylic acids is 1. The van der Waals surface area contributed by atoms with E-state index in [0.717, 1.165) is 37.3 Å². The third kappa shape index (κ3) is 5.05. The molecule has 3 rings (SSSR count). The highest BCUT2D eigenvalue weighted by Gasteiger charge is 2.37. The topological polar surface area (TPSA) is 72.9 Å². The zero-order valence-electron chi connectivity index (χ0n) is 15.5. The molecule has 154 valence electrons. The number of benzene rings is 1. The molecule has 1 heterocycles. The predicted molar refractivity (Wildman–Crippen MR) is 102 cm³/mol. The van der Waals surface area contributed by atoms with Crippen molar-refractivity contribution >= 4 is 18.3 Å². The van der Waals surface area contributed by atoms with Crippen LogP contribution in [0.15, 0.2) is 36.5 Å². The van der Waals surface area contributed by atoms with E-state index in [-0.39, 0.29) is 24.2 Å². The van der Waals surface area contributed by atoms with E-state index in [1.165, 1.54) is 10.9 Å². The summed E-state index contributed by atoms with van der Waals surface area (Å²) in [6, 6.07) is 7.78. The van der Waals surface area contributed by atoms with Crippen LogP contribution in [0.2, 0.25) is 0 Å². The molecule has 2 unspecified atom stereocenters. The smallest absolute Gasteiger partial charge is 0.352 e. The van der Waals surface area contributed by atoms with Crippen molar-refractivity contribution in [3.63, 3.8) is 0 Å². The largest absolute Gasteiger partial charge is 0.435 e. The van der Waals surface area contributed by atoms with Crippen molar-refractivity contribution in [2.45, 2.75) is 50.9 Å². The van der Waals surface area contributed by atoms with E-state index in [9.17, 15) is 18.0 Å². The average Bonchev–Trinajstić information content (AvgIpc) is 3.10. The number of carbonyl (C=O) groups is 1. The molecule has 5 nitrogen and oxygen atoms in total. The van der Waals surface area contributed by atoms with Crippen LogP contribution in [0.3, 0.4) is 0 Å². The minimum Gasteiger partial charge on any atom is -0.352 e. The highest BCUT2D eigenvalue weighted by atomic mass is 35.5. The summed E-state index contributed by atoms with van der Waals surface area (Å²) in [6.07, 6.45) is 0.476. The van der Waals surface area contributed by atoms with Crippen LogP contribution in [0.1, 0.15) is 43.9 Å². The van der Waals surface area contributed by atoms with Crippen LogP contribution in [-0.2, 0) is 17.5 Å². The van der Waals surface area contributed by atoms with Gasteiger partial charge in [-0.05, 0) is 43.5 Å². The lowest BCUT2D eigenvalue weighted by molar-refractivity contribution is -0.141. The number of amides is 1. The average molecular weight is 417 g/mol. The fourth-order valence-corrected chi connectivity index (χ4v) is 3.49. The number of nitrogens with zero attached hydrogens (tertiary/aromatic N) is 2. The molecule has 1 aromatic heterocycles. The van der Waals surface area contributed by atoms with Crippen LogP contribution in [0, 0.1) is 5.92 Å². The van der Waals surface area contributed by atoms with Gasteiger partial charge in [0.15, 0.2) is 5.69 Å². The molecule has 0 spiro atoms. The highest BCUT2D eigenvalue weighted by molar-refractivity contribution is 5.85. The van der Waals surface area contributed by atoms with Crippen molar-refractivity contribution < 1.29 is 18.0 Å². The second-order valence-corrected chi connectivity index (χ2v) is 7.33. The van der Waals surface area contributed by atoms with Gasteiger partial charge in [-0.15, -0.1) is 12.4 Å². The first-order valence-electron chi connectivity index (χ1n) is 8.95. The Kier molecular flexibility index (Phi) is 6.77. The van der Waals surface area contributed by atoms with Crippen molar-refractivity contribution in [3.8, 4) is 5.69 Å². The minimum absolute atomic E-state index is 0. The summed E-state index contributed by atoms with van der Waals surface area (Å²) in [6.45, 7) is 2.27. The second kappa shape index (κ2) is 8.53. The summed E-state index contributed by atoms with van der Waals surface area (Å²) < 4.78 is 39.1. The summed E-state index contributed by atoms with van der Waals surface area (Å²) in [7, 11) is 0.